The lowest BCUT2D eigenvalue weighted by Gasteiger charge is -2.19. The van der Waals surface area contributed by atoms with Crippen LogP contribution in [0.3, 0.4) is 0 Å². The van der Waals surface area contributed by atoms with Gasteiger partial charge in [0, 0.05) is 6.04 Å². The molecule has 2 heteroatoms. The fraction of sp³-hybridized carbons (Fsp3) is 0. The smallest absolute Gasteiger partial charge is 0.0310 e. The maximum atomic E-state index is 6.16. The Bertz CT molecular complexity index is 822. The van der Waals surface area contributed by atoms with Gasteiger partial charge in [0.2, 0.25) is 0 Å². The van der Waals surface area contributed by atoms with Gasteiger partial charge in [0.05, 0.1) is 0 Å². The average molecular weight is 346 g/mol. The number of hydrogen-bond donors (Lipinski definition) is 0. The molecule has 0 unspecified atom stereocenters. The molecule has 0 aliphatic heterocycles. The van der Waals surface area contributed by atoms with E-state index in [-0.39, 0.29) is 0 Å². The molecule has 0 amide bonds. The van der Waals surface area contributed by atoms with Gasteiger partial charge in [0.15, 0.2) is 0 Å². The summed E-state index contributed by atoms with van der Waals surface area (Å²) in [5.74, 6) is 2.20. The van der Waals surface area contributed by atoms with Crippen molar-refractivity contribution in [3.8, 4) is 0 Å². The summed E-state index contributed by atoms with van der Waals surface area (Å²) < 4.78 is 0. The van der Waals surface area contributed by atoms with E-state index in [4.69, 9.17) is 11.8 Å². The van der Waals surface area contributed by atoms with Crippen LogP contribution in [-0.4, -0.2) is 0 Å². The summed E-state index contributed by atoms with van der Waals surface area (Å²) >= 11 is 6.16. The van der Waals surface area contributed by atoms with Crippen LogP contribution in [-0.2, 0) is 11.8 Å². The van der Waals surface area contributed by atoms with E-state index in [0.29, 0.717) is 0 Å². The Balaban J connectivity index is 1.93. The van der Waals surface area contributed by atoms with Crippen LogP contribution in [0.2, 0.25) is 0 Å². The molecule has 0 fully saturated rings. The van der Waals surface area contributed by atoms with E-state index in [0.717, 1.165) is 0 Å². The molecule has 0 saturated heterocycles. The minimum atomic E-state index is -1.94. The van der Waals surface area contributed by atoms with Gasteiger partial charge in [-0.1, -0.05) is 121 Å². The first-order valence-electron chi connectivity index (χ1n) is 7.91. The molecule has 0 aliphatic rings. The van der Waals surface area contributed by atoms with Gasteiger partial charge in [-0.2, -0.15) is 0 Å². The van der Waals surface area contributed by atoms with E-state index in [1.165, 1.54) is 16.2 Å². The van der Waals surface area contributed by atoms with E-state index < -0.39 is 6.04 Å². The summed E-state index contributed by atoms with van der Waals surface area (Å²) in [4.78, 5) is 0. The molecule has 0 spiro atoms. The van der Waals surface area contributed by atoms with Gasteiger partial charge in [-0.3, -0.25) is 0 Å². The van der Waals surface area contributed by atoms with Crippen molar-refractivity contribution in [3.05, 3.63) is 115 Å². The van der Waals surface area contributed by atoms with Gasteiger partial charge in [-0.25, -0.2) is 0 Å². The van der Waals surface area contributed by atoms with Gasteiger partial charge in [-0.05, 0) is 22.0 Å². The van der Waals surface area contributed by atoms with Crippen molar-refractivity contribution in [3.63, 3.8) is 0 Å². The Morgan fingerprint density at radius 3 is 1.54 bits per heavy atom. The Morgan fingerprint density at radius 1 is 0.583 bits per heavy atom. The van der Waals surface area contributed by atoms with Crippen LogP contribution in [0.25, 0.3) is 6.08 Å². The van der Waals surface area contributed by atoms with Gasteiger partial charge in [-0.15, -0.1) is 0 Å². The maximum Gasteiger partial charge on any atom is 0.0310 e. The third kappa shape index (κ3) is 4.00. The summed E-state index contributed by atoms with van der Waals surface area (Å²) in [6.45, 7) is 0. The molecular formula is C22H19PS. The van der Waals surface area contributed by atoms with Crippen LogP contribution < -0.4 is 10.6 Å². The molecule has 0 heterocycles. The van der Waals surface area contributed by atoms with Crippen LogP contribution >= 0.6 is 6.04 Å². The molecule has 0 N–H and O–H groups in total. The van der Waals surface area contributed by atoms with Gasteiger partial charge in [0.25, 0.3) is 0 Å². The molecular weight excluding hydrogens is 327 g/mol. The average Bonchev–Trinajstić information content (AvgIpc) is 2.67. The predicted molar refractivity (Wildman–Crippen MR) is 111 cm³/mol. The lowest BCUT2D eigenvalue weighted by atomic mass is 10.2. The highest BCUT2D eigenvalue weighted by Crippen LogP contribution is 2.45. The zero-order valence-corrected chi connectivity index (χ0v) is 15.0. The van der Waals surface area contributed by atoms with Crippen LogP contribution in [0, 0.1) is 0 Å². The van der Waals surface area contributed by atoms with Crippen molar-refractivity contribution < 1.29 is 0 Å². The van der Waals surface area contributed by atoms with Crippen molar-refractivity contribution >= 4 is 34.5 Å². The van der Waals surface area contributed by atoms with Gasteiger partial charge in [0.1, 0.15) is 0 Å². The van der Waals surface area contributed by atoms with Gasteiger partial charge < -0.3 is 0 Å². The number of hydrogen-bond acceptors (Lipinski definition) is 1. The fourth-order valence-electron chi connectivity index (χ4n) is 2.52. The molecule has 0 atom stereocenters. The van der Waals surface area contributed by atoms with Crippen molar-refractivity contribution in [2.45, 2.75) is 0 Å². The van der Waals surface area contributed by atoms with E-state index in [1.807, 2.05) is 30.3 Å². The largest absolute Gasteiger partial charge is 0.0832 e. The Hall–Kier alpha value is -2.21. The second-order valence-electron chi connectivity index (χ2n) is 5.44. The van der Waals surface area contributed by atoms with Crippen molar-refractivity contribution in [2.24, 2.45) is 0 Å². The van der Waals surface area contributed by atoms with Crippen LogP contribution in [0.15, 0.2) is 109 Å². The minimum absolute atomic E-state index is 1.19. The molecule has 24 heavy (non-hydrogen) atoms. The summed E-state index contributed by atoms with van der Waals surface area (Å²) in [6, 6.07) is 29.2. The molecule has 0 nitrogen and oxygen atoms in total. The van der Waals surface area contributed by atoms with Crippen LogP contribution in [0.5, 0.6) is 0 Å². The second kappa shape index (κ2) is 8.06. The SMILES string of the molecule is S=P(/C=C/C=C/c1ccccc1)(c1ccccc1)c1ccccc1. The van der Waals surface area contributed by atoms with Gasteiger partial charge >= 0.3 is 0 Å². The van der Waals surface area contributed by atoms with Crippen LogP contribution in [0.4, 0.5) is 0 Å². The summed E-state index contributed by atoms with van der Waals surface area (Å²) in [7, 11) is 0. The molecule has 118 valence electrons. The molecule has 3 aromatic rings. The molecule has 0 aromatic heterocycles. The molecule has 0 radical (unpaired) electrons. The second-order valence-corrected chi connectivity index (χ2v) is 9.82. The van der Waals surface area contributed by atoms with E-state index in [1.54, 1.807) is 0 Å². The lowest BCUT2D eigenvalue weighted by Crippen LogP contribution is -2.13. The van der Waals surface area contributed by atoms with Crippen molar-refractivity contribution in [1.29, 1.82) is 0 Å². The maximum absolute atomic E-state index is 6.16. The summed E-state index contributed by atoms with van der Waals surface area (Å²) in [5, 5.41) is 2.44. The Morgan fingerprint density at radius 2 is 1.04 bits per heavy atom. The zero-order chi connectivity index (χ0) is 16.7. The standard InChI is InChI=1S/C22H19PS/c24-23(21-15-6-2-7-16-21,22-17-8-3-9-18-22)19-11-10-14-20-12-4-1-5-13-20/h1-19H/b14-10+,19-11+. The predicted octanol–water partition coefficient (Wildman–Crippen LogP) is 5.34. The third-order valence-corrected chi connectivity index (χ3v) is 8.13. The van der Waals surface area contributed by atoms with E-state index in [9.17, 15) is 0 Å². The zero-order valence-electron chi connectivity index (χ0n) is 13.3. The quantitative estimate of drug-likeness (QED) is 0.444. The summed E-state index contributed by atoms with van der Waals surface area (Å²) in [6.07, 6.45) is 6.27. The first kappa shape index (κ1) is 16.6. The molecule has 0 saturated carbocycles. The summed E-state index contributed by atoms with van der Waals surface area (Å²) in [5.41, 5.74) is 1.19. The number of benzene rings is 3. The monoisotopic (exact) mass is 346 g/mol. The molecule has 0 aliphatic carbocycles. The fourth-order valence-corrected chi connectivity index (χ4v) is 5.68. The minimum Gasteiger partial charge on any atom is -0.0832 e. The van der Waals surface area contributed by atoms with E-state index in [2.05, 4.69) is 84.7 Å². The third-order valence-electron chi connectivity index (χ3n) is 3.77. The normalized spacial score (nSPS) is 12.0. The Kier molecular flexibility index (Phi) is 5.59. The van der Waals surface area contributed by atoms with Crippen molar-refractivity contribution in [1.82, 2.24) is 0 Å². The highest BCUT2D eigenvalue weighted by atomic mass is 32.4. The number of rotatable bonds is 5. The first-order chi connectivity index (χ1) is 11.8. The Labute approximate surface area is 149 Å². The molecule has 3 aromatic carbocycles. The highest BCUT2D eigenvalue weighted by molar-refractivity contribution is 8.23. The highest BCUT2D eigenvalue weighted by Gasteiger charge is 2.18. The number of allylic oxidation sites excluding steroid dienone is 2. The first-order valence-corrected chi connectivity index (χ1v) is 10.8. The van der Waals surface area contributed by atoms with Crippen LogP contribution in [0.1, 0.15) is 5.56 Å². The molecule has 3 rings (SSSR count). The van der Waals surface area contributed by atoms with Crippen molar-refractivity contribution in [2.75, 3.05) is 0 Å². The van der Waals surface area contributed by atoms with E-state index >= 15 is 0 Å². The topological polar surface area (TPSA) is 0 Å². The molecule has 0 bridgehead atoms. The lowest BCUT2D eigenvalue weighted by molar-refractivity contribution is 1.66.